The van der Waals surface area contributed by atoms with Crippen LogP contribution in [0, 0.1) is 11.3 Å². The third kappa shape index (κ3) is 1.82. The van der Waals surface area contributed by atoms with E-state index in [1.165, 1.54) is 18.3 Å². The number of nitriles is 1. The monoisotopic (exact) mass is 234 g/mol. The van der Waals surface area contributed by atoms with Crippen LogP contribution >= 0.6 is 7.60 Å². The maximum Gasteiger partial charge on any atom is 0.356 e. The van der Waals surface area contributed by atoms with Gasteiger partial charge >= 0.3 is 7.60 Å². The minimum Gasteiger partial charge on any atom is -0.321 e. The van der Waals surface area contributed by atoms with Gasteiger partial charge in [0.05, 0.1) is 5.30 Å². The summed E-state index contributed by atoms with van der Waals surface area (Å²) in [4.78, 5) is 21.9. The molecule has 5 nitrogen and oxygen atoms in total. The van der Waals surface area contributed by atoms with E-state index in [-0.39, 0.29) is 11.0 Å². The Balaban J connectivity index is 2.80. The van der Waals surface area contributed by atoms with Crippen LogP contribution in [0.2, 0.25) is 0 Å². The van der Waals surface area contributed by atoms with Crippen molar-refractivity contribution in [2.75, 3.05) is 0 Å². The highest BCUT2D eigenvalue weighted by molar-refractivity contribution is 7.60. The summed E-state index contributed by atoms with van der Waals surface area (Å²) >= 11 is 0. The second-order valence-corrected chi connectivity index (χ2v) is 4.83. The maximum absolute atomic E-state index is 11.1. The second kappa shape index (κ2) is 3.69. The minimum atomic E-state index is -4.29. The molecule has 0 unspecified atom stereocenters. The van der Waals surface area contributed by atoms with Gasteiger partial charge in [-0.25, -0.2) is 4.98 Å². The normalized spacial score (nSPS) is 11.3. The van der Waals surface area contributed by atoms with Crippen LogP contribution in [0.1, 0.15) is 5.69 Å². The molecule has 0 fully saturated rings. The van der Waals surface area contributed by atoms with Gasteiger partial charge in [0.25, 0.3) is 0 Å². The van der Waals surface area contributed by atoms with Crippen LogP contribution in [0.4, 0.5) is 0 Å². The van der Waals surface area contributed by atoms with Crippen LogP contribution in [-0.2, 0) is 4.57 Å². The van der Waals surface area contributed by atoms with Crippen LogP contribution in [0.15, 0.2) is 30.5 Å². The highest BCUT2D eigenvalue weighted by Gasteiger charge is 2.17. The quantitative estimate of drug-likeness (QED) is 0.715. The summed E-state index contributed by atoms with van der Waals surface area (Å²) in [6.45, 7) is 0. The first-order valence-electron chi connectivity index (χ1n) is 4.37. The lowest BCUT2D eigenvalue weighted by atomic mass is 10.1. The zero-order valence-corrected chi connectivity index (χ0v) is 8.93. The maximum atomic E-state index is 11.1. The molecule has 16 heavy (non-hydrogen) atoms. The van der Waals surface area contributed by atoms with Crippen molar-refractivity contribution >= 4 is 23.7 Å². The van der Waals surface area contributed by atoms with Gasteiger partial charge in [-0.2, -0.15) is 5.26 Å². The molecular formula is C10H7N2O3P. The summed E-state index contributed by atoms with van der Waals surface area (Å²) in [6, 6.07) is 7.79. The molecule has 1 aromatic carbocycles. The Bertz CT molecular complexity index is 642. The first kappa shape index (κ1) is 10.8. The second-order valence-electron chi connectivity index (χ2n) is 3.22. The fourth-order valence-corrected chi connectivity index (χ4v) is 1.99. The summed E-state index contributed by atoms with van der Waals surface area (Å²) in [5, 5.41) is 9.89. The molecule has 80 valence electrons. The summed E-state index contributed by atoms with van der Waals surface area (Å²) in [5.41, 5.74) is 0.160. The number of fused-ring (bicyclic) bond motifs is 1. The lowest BCUT2D eigenvalue weighted by Crippen LogP contribution is -2.03. The Labute approximate surface area is 91.1 Å². The van der Waals surface area contributed by atoms with Gasteiger partial charge in [-0.15, -0.1) is 0 Å². The highest BCUT2D eigenvalue weighted by Crippen LogP contribution is 2.34. The molecule has 0 saturated carbocycles. The summed E-state index contributed by atoms with van der Waals surface area (Å²) in [7, 11) is -4.29. The third-order valence-electron chi connectivity index (χ3n) is 2.19. The fraction of sp³-hybridized carbons (Fsp3) is 0. The van der Waals surface area contributed by atoms with Gasteiger partial charge in [-0.1, -0.05) is 6.07 Å². The topological polar surface area (TPSA) is 94.2 Å². The molecule has 0 spiro atoms. The van der Waals surface area contributed by atoms with E-state index in [0.29, 0.717) is 5.39 Å². The largest absolute Gasteiger partial charge is 0.356 e. The van der Waals surface area contributed by atoms with E-state index in [1.807, 2.05) is 6.07 Å². The number of rotatable bonds is 1. The van der Waals surface area contributed by atoms with Crippen molar-refractivity contribution in [1.82, 2.24) is 4.98 Å². The van der Waals surface area contributed by atoms with E-state index in [0.717, 1.165) is 5.39 Å². The van der Waals surface area contributed by atoms with E-state index in [2.05, 4.69) is 4.98 Å². The Kier molecular flexibility index (Phi) is 2.49. The first-order chi connectivity index (χ1) is 7.52. The lowest BCUT2D eigenvalue weighted by Gasteiger charge is -2.05. The molecule has 0 aliphatic heterocycles. The molecule has 2 aromatic rings. The molecule has 6 heteroatoms. The van der Waals surface area contributed by atoms with E-state index in [4.69, 9.17) is 15.0 Å². The number of hydrogen-bond donors (Lipinski definition) is 2. The van der Waals surface area contributed by atoms with Crippen molar-refractivity contribution in [1.29, 1.82) is 5.26 Å². The molecule has 2 N–H and O–H groups in total. The van der Waals surface area contributed by atoms with Gasteiger partial charge in [-0.05, 0) is 23.6 Å². The standard InChI is InChI=1S/C10H7N2O3P/c11-6-10-9-5-8(16(13,14)15)2-1-7(9)3-4-12-10/h1-5H,(H2,13,14,15). The number of pyridine rings is 1. The summed E-state index contributed by atoms with van der Waals surface area (Å²) < 4.78 is 11.1. The number of benzene rings is 1. The molecule has 1 heterocycles. The Hall–Kier alpha value is -1.73. The van der Waals surface area contributed by atoms with Crippen molar-refractivity contribution in [2.24, 2.45) is 0 Å². The van der Waals surface area contributed by atoms with Gasteiger partial charge in [0.1, 0.15) is 11.8 Å². The lowest BCUT2D eigenvalue weighted by molar-refractivity contribution is 0.387. The molecule has 0 aliphatic carbocycles. The van der Waals surface area contributed by atoms with Crippen molar-refractivity contribution < 1.29 is 14.4 Å². The van der Waals surface area contributed by atoms with Crippen LogP contribution < -0.4 is 5.30 Å². The Morgan fingerprint density at radius 1 is 1.31 bits per heavy atom. The van der Waals surface area contributed by atoms with Gasteiger partial charge in [0.2, 0.25) is 0 Å². The molecular weight excluding hydrogens is 227 g/mol. The fourth-order valence-electron chi connectivity index (χ4n) is 1.43. The molecule has 1 aromatic heterocycles. The first-order valence-corrected chi connectivity index (χ1v) is 5.98. The minimum absolute atomic E-state index is 0.107. The average molecular weight is 234 g/mol. The molecule has 0 aliphatic rings. The molecule has 0 saturated heterocycles. The van der Waals surface area contributed by atoms with Crippen molar-refractivity contribution in [3.05, 3.63) is 36.2 Å². The number of hydrogen-bond acceptors (Lipinski definition) is 3. The Morgan fingerprint density at radius 3 is 2.69 bits per heavy atom. The third-order valence-corrected chi connectivity index (χ3v) is 3.14. The molecule has 0 amide bonds. The van der Waals surface area contributed by atoms with Gasteiger partial charge in [0.15, 0.2) is 0 Å². The van der Waals surface area contributed by atoms with Crippen molar-refractivity contribution in [2.45, 2.75) is 0 Å². The van der Waals surface area contributed by atoms with E-state index < -0.39 is 7.60 Å². The van der Waals surface area contributed by atoms with Crippen molar-refractivity contribution in [3.63, 3.8) is 0 Å². The Morgan fingerprint density at radius 2 is 2.06 bits per heavy atom. The zero-order valence-electron chi connectivity index (χ0n) is 8.03. The summed E-state index contributed by atoms with van der Waals surface area (Å²) in [6.07, 6.45) is 1.48. The van der Waals surface area contributed by atoms with Crippen molar-refractivity contribution in [3.8, 4) is 6.07 Å². The van der Waals surface area contributed by atoms with E-state index in [1.54, 1.807) is 12.1 Å². The predicted molar refractivity (Wildman–Crippen MR) is 58.1 cm³/mol. The van der Waals surface area contributed by atoms with E-state index >= 15 is 0 Å². The molecule has 0 atom stereocenters. The number of nitrogens with zero attached hydrogens (tertiary/aromatic N) is 2. The summed E-state index contributed by atoms with van der Waals surface area (Å²) in [5.74, 6) is 0. The van der Waals surface area contributed by atoms with Crippen LogP contribution in [0.25, 0.3) is 10.8 Å². The highest BCUT2D eigenvalue weighted by atomic mass is 31.2. The SMILES string of the molecule is N#Cc1nccc2ccc(P(=O)(O)O)cc12. The van der Waals surface area contributed by atoms with Crippen LogP contribution in [-0.4, -0.2) is 14.8 Å². The van der Waals surface area contributed by atoms with Gasteiger partial charge in [0, 0.05) is 11.6 Å². The molecule has 0 radical (unpaired) electrons. The molecule has 2 rings (SSSR count). The number of aromatic nitrogens is 1. The average Bonchev–Trinajstić information content (AvgIpc) is 2.26. The smallest absolute Gasteiger partial charge is 0.321 e. The predicted octanol–water partition coefficient (Wildman–Crippen LogP) is 0.909. The van der Waals surface area contributed by atoms with Gasteiger partial charge in [-0.3, -0.25) is 4.57 Å². The van der Waals surface area contributed by atoms with Crippen LogP contribution in [0.3, 0.4) is 0 Å². The van der Waals surface area contributed by atoms with E-state index in [9.17, 15) is 4.57 Å². The van der Waals surface area contributed by atoms with Crippen LogP contribution in [0.5, 0.6) is 0 Å². The van der Waals surface area contributed by atoms with Gasteiger partial charge < -0.3 is 9.79 Å². The molecule has 0 bridgehead atoms. The zero-order chi connectivity index (χ0) is 11.8.